The van der Waals surface area contributed by atoms with E-state index in [1.807, 2.05) is 12.1 Å². The highest BCUT2D eigenvalue weighted by atomic mass is 16.4. The zero-order chi connectivity index (χ0) is 12.3. The van der Waals surface area contributed by atoms with Crippen molar-refractivity contribution >= 4 is 11.7 Å². The number of likely N-dealkylation sites (N-methyl/N-ethyl adjacent to an activating group) is 1. The van der Waals surface area contributed by atoms with E-state index in [-0.39, 0.29) is 0 Å². The van der Waals surface area contributed by atoms with E-state index in [1.165, 1.54) is 0 Å². The fourth-order valence-corrected chi connectivity index (χ4v) is 2.14. The van der Waals surface area contributed by atoms with Crippen LogP contribution in [0.1, 0.15) is 17.3 Å². The van der Waals surface area contributed by atoms with E-state index in [0.717, 1.165) is 38.4 Å². The van der Waals surface area contributed by atoms with Crippen molar-refractivity contribution in [1.29, 1.82) is 0 Å². The van der Waals surface area contributed by atoms with Crippen LogP contribution in [0.5, 0.6) is 0 Å². The van der Waals surface area contributed by atoms with Crippen LogP contribution in [0, 0.1) is 0 Å². The lowest BCUT2D eigenvalue weighted by atomic mass is 10.2. The van der Waals surface area contributed by atoms with Gasteiger partial charge < -0.3 is 14.9 Å². The summed E-state index contributed by atoms with van der Waals surface area (Å²) in [5.74, 6) is -0.868. The minimum absolute atomic E-state index is 0.348. The average molecular weight is 234 g/mol. The van der Waals surface area contributed by atoms with Gasteiger partial charge in [0.2, 0.25) is 0 Å². The Balaban J connectivity index is 2.01. The molecule has 17 heavy (non-hydrogen) atoms. The van der Waals surface area contributed by atoms with E-state index in [2.05, 4.69) is 16.7 Å². The van der Waals surface area contributed by atoms with Crippen molar-refractivity contribution < 1.29 is 9.90 Å². The van der Waals surface area contributed by atoms with Gasteiger partial charge in [-0.2, -0.15) is 0 Å². The molecule has 0 radical (unpaired) electrons. The third-order valence-corrected chi connectivity index (χ3v) is 3.30. The number of carbonyl (C=O) groups is 1. The minimum atomic E-state index is -0.868. The first-order valence-electron chi connectivity index (χ1n) is 6.01. The maximum atomic E-state index is 10.8. The standard InChI is InChI=1S/C13H18N2O2/c1-2-14-7-9-15(10-8-14)12-5-3-11(4-6-12)13(16)17/h3-6H,2,7-10H2,1H3,(H,16,17). The lowest BCUT2D eigenvalue weighted by Crippen LogP contribution is -2.46. The summed E-state index contributed by atoms with van der Waals surface area (Å²) in [5.41, 5.74) is 1.46. The van der Waals surface area contributed by atoms with Crippen molar-refractivity contribution in [3.8, 4) is 0 Å². The highest BCUT2D eigenvalue weighted by Gasteiger charge is 2.15. The van der Waals surface area contributed by atoms with Gasteiger partial charge in [-0.3, -0.25) is 0 Å². The smallest absolute Gasteiger partial charge is 0.335 e. The largest absolute Gasteiger partial charge is 0.478 e. The molecule has 1 aromatic rings. The van der Waals surface area contributed by atoms with Gasteiger partial charge in [0.05, 0.1) is 5.56 Å². The van der Waals surface area contributed by atoms with Crippen molar-refractivity contribution in [3.05, 3.63) is 29.8 Å². The topological polar surface area (TPSA) is 43.8 Å². The molecule has 0 aromatic heterocycles. The first kappa shape index (κ1) is 11.9. The molecule has 4 heteroatoms. The van der Waals surface area contributed by atoms with Crippen LogP contribution in [0.25, 0.3) is 0 Å². The Morgan fingerprint density at radius 1 is 1.18 bits per heavy atom. The first-order chi connectivity index (χ1) is 8.20. The highest BCUT2D eigenvalue weighted by Crippen LogP contribution is 2.17. The predicted molar refractivity (Wildman–Crippen MR) is 67.7 cm³/mol. The second-order valence-corrected chi connectivity index (χ2v) is 4.27. The van der Waals surface area contributed by atoms with E-state index in [1.54, 1.807) is 12.1 Å². The van der Waals surface area contributed by atoms with Crippen LogP contribution in [0.3, 0.4) is 0 Å². The molecule has 1 aromatic carbocycles. The normalized spacial score (nSPS) is 17.1. The molecule has 0 aliphatic carbocycles. The lowest BCUT2D eigenvalue weighted by Gasteiger charge is -2.35. The molecule has 4 nitrogen and oxygen atoms in total. The summed E-state index contributed by atoms with van der Waals surface area (Å²) in [5, 5.41) is 8.83. The fraction of sp³-hybridized carbons (Fsp3) is 0.462. The molecule has 1 fully saturated rings. The number of anilines is 1. The summed E-state index contributed by atoms with van der Waals surface area (Å²) >= 11 is 0. The van der Waals surface area contributed by atoms with Gasteiger partial charge in [-0.25, -0.2) is 4.79 Å². The molecule has 0 saturated carbocycles. The molecular formula is C13H18N2O2. The van der Waals surface area contributed by atoms with Crippen LogP contribution in [-0.2, 0) is 0 Å². The molecule has 0 unspecified atom stereocenters. The molecule has 1 aliphatic heterocycles. The predicted octanol–water partition coefficient (Wildman–Crippen LogP) is 1.53. The van der Waals surface area contributed by atoms with Crippen LogP contribution >= 0.6 is 0 Å². The summed E-state index contributed by atoms with van der Waals surface area (Å²) in [6.07, 6.45) is 0. The van der Waals surface area contributed by atoms with E-state index >= 15 is 0 Å². The number of rotatable bonds is 3. The fourth-order valence-electron chi connectivity index (χ4n) is 2.14. The number of aromatic carboxylic acids is 1. The molecule has 1 heterocycles. The zero-order valence-electron chi connectivity index (χ0n) is 10.1. The van der Waals surface area contributed by atoms with Crippen LogP contribution in [0.2, 0.25) is 0 Å². The van der Waals surface area contributed by atoms with Crippen LogP contribution in [0.15, 0.2) is 24.3 Å². The van der Waals surface area contributed by atoms with Crippen LogP contribution < -0.4 is 4.90 Å². The Morgan fingerprint density at radius 2 is 1.76 bits per heavy atom. The highest BCUT2D eigenvalue weighted by molar-refractivity contribution is 5.88. The van der Waals surface area contributed by atoms with Gasteiger partial charge in [0.15, 0.2) is 0 Å². The molecule has 0 bridgehead atoms. The molecule has 1 aliphatic rings. The van der Waals surface area contributed by atoms with Crippen molar-refractivity contribution in [2.45, 2.75) is 6.92 Å². The van der Waals surface area contributed by atoms with Crippen molar-refractivity contribution in [2.75, 3.05) is 37.6 Å². The van der Waals surface area contributed by atoms with Gasteiger partial charge in [0.25, 0.3) is 0 Å². The van der Waals surface area contributed by atoms with Gasteiger partial charge in [0.1, 0.15) is 0 Å². The van der Waals surface area contributed by atoms with Gasteiger partial charge in [-0.15, -0.1) is 0 Å². The third kappa shape index (κ3) is 2.77. The van der Waals surface area contributed by atoms with Crippen molar-refractivity contribution in [2.24, 2.45) is 0 Å². The van der Waals surface area contributed by atoms with E-state index in [4.69, 9.17) is 5.11 Å². The Kier molecular flexibility index (Phi) is 3.64. The van der Waals surface area contributed by atoms with Gasteiger partial charge in [0, 0.05) is 31.9 Å². The number of carboxylic acids is 1. The van der Waals surface area contributed by atoms with Crippen molar-refractivity contribution in [1.82, 2.24) is 4.90 Å². The number of hydrogen-bond acceptors (Lipinski definition) is 3. The monoisotopic (exact) mass is 234 g/mol. The van der Waals surface area contributed by atoms with Gasteiger partial charge in [-0.1, -0.05) is 6.92 Å². The summed E-state index contributed by atoms with van der Waals surface area (Å²) in [4.78, 5) is 15.5. The molecule has 0 spiro atoms. The van der Waals surface area contributed by atoms with E-state index < -0.39 is 5.97 Å². The zero-order valence-corrected chi connectivity index (χ0v) is 10.1. The molecule has 0 amide bonds. The summed E-state index contributed by atoms with van der Waals surface area (Å²) in [6.45, 7) is 7.47. The quantitative estimate of drug-likeness (QED) is 0.861. The molecular weight excluding hydrogens is 216 g/mol. The van der Waals surface area contributed by atoms with Gasteiger partial charge >= 0.3 is 5.97 Å². The molecule has 0 atom stereocenters. The number of carboxylic acid groups (broad SMARTS) is 1. The third-order valence-electron chi connectivity index (χ3n) is 3.30. The SMILES string of the molecule is CCN1CCN(c2ccc(C(=O)O)cc2)CC1. The summed E-state index contributed by atoms with van der Waals surface area (Å²) in [7, 11) is 0. The van der Waals surface area contributed by atoms with Crippen LogP contribution in [-0.4, -0.2) is 48.7 Å². The van der Waals surface area contributed by atoms with Crippen molar-refractivity contribution in [3.63, 3.8) is 0 Å². The Bertz CT molecular complexity index is 381. The van der Waals surface area contributed by atoms with Crippen LogP contribution in [0.4, 0.5) is 5.69 Å². The summed E-state index contributed by atoms with van der Waals surface area (Å²) < 4.78 is 0. The van der Waals surface area contributed by atoms with E-state index in [9.17, 15) is 4.79 Å². The second-order valence-electron chi connectivity index (χ2n) is 4.27. The number of nitrogens with zero attached hydrogens (tertiary/aromatic N) is 2. The lowest BCUT2D eigenvalue weighted by molar-refractivity contribution is 0.0697. The second kappa shape index (κ2) is 5.19. The Morgan fingerprint density at radius 3 is 2.24 bits per heavy atom. The maximum absolute atomic E-state index is 10.8. The molecule has 2 rings (SSSR count). The molecule has 1 saturated heterocycles. The van der Waals surface area contributed by atoms with E-state index in [0.29, 0.717) is 5.56 Å². The molecule has 1 N–H and O–H groups in total. The Labute approximate surface area is 101 Å². The Hall–Kier alpha value is -1.55. The first-order valence-corrected chi connectivity index (χ1v) is 6.01. The maximum Gasteiger partial charge on any atom is 0.335 e. The van der Waals surface area contributed by atoms with Gasteiger partial charge in [-0.05, 0) is 30.8 Å². The number of piperazine rings is 1. The summed E-state index contributed by atoms with van der Waals surface area (Å²) in [6, 6.07) is 7.13. The minimum Gasteiger partial charge on any atom is -0.478 e. The molecule has 92 valence electrons. The number of benzene rings is 1. The number of hydrogen-bond donors (Lipinski definition) is 1. The average Bonchev–Trinajstić information content (AvgIpc) is 2.39.